The van der Waals surface area contributed by atoms with E-state index in [0.29, 0.717) is 34.6 Å². The molecule has 4 aromatic heterocycles. The summed E-state index contributed by atoms with van der Waals surface area (Å²) in [5.41, 5.74) is 26.3. The smallest absolute Gasteiger partial charge is 0.455 e. The molecule has 20 rings (SSSR count). The number of furan rings is 2. The van der Waals surface area contributed by atoms with E-state index in [-0.39, 0.29) is 5.28 Å². The minimum absolute atomic E-state index is 0.176. The van der Waals surface area contributed by atoms with Crippen molar-refractivity contribution in [3.05, 3.63) is 406 Å². The third-order valence-electron chi connectivity index (χ3n) is 20.5. The Bertz CT molecular complexity index is 6780. The first-order chi connectivity index (χ1) is 56.2. The maximum absolute atomic E-state index is 9.23. The number of rotatable bonds is 14. The van der Waals surface area contributed by atoms with Crippen LogP contribution in [0, 0.1) is 0 Å². The van der Waals surface area contributed by atoms with E-state index >= 15 is 0 Å². The van der Waals surface area contributed by atoms with Crippen LogP contribution in [0.15, 0.2) is 409 Å². The molecule has 0 unspecified atom stereocenters. The minimum atomic E-state index is -1.44. The summed E-state index contributed by atoms with van der Waals surface area (Å²) in [7, 11) is -1.44. The molecule has 0 atom stereocenters. The van der Waals surface area contributed by atoms with Gasteiger partial charge in [-0.05, 0) is 107 Å². The first-order valence-electron chi connectivity index (χ1n) is 37.6. The van der Waals surface area contributed by atoms with Crippen molar-refractivity contribution in [1.82, 2.24) is 29.9 Å². The van der Waals surface area contributed by atoms with Crippen LogP contribution in [0.4, 0.5) is 0 Å². The zero-order valence-electron chi connectivity index (χ0n) is 61.5. The summed E-state index contributed by atoms with van der Waals surface area (Å²) in [4.78, 5) is 28.8. The molecule has 20 aromatic rings. The monoisotopic (exact) mass is 1490 g/mol. The summed E-state index contributed by atoms with van der Waals surface area (Å²) >= 11 is 6.31. The third-order valence-corrected chi connectivity index (χ3v) is 20.6. The zero-order chi connectivity index (χ0) is 76.7. The summed E-state index contributed by atoms with van der Waals surface area (Å²) in [5.74, 6) is 2.99. The van der Waals surface area contributed by atoms with Gasteiger partial charge in [0.1, 0.15) is 22.3 Å². The van der Waals surface area contributed by atoms with Gasteiger partial charge in [-0.1, -0.05) is 388 Å². The number of fused-ring (bicyclic) bond motifs is 6. The van der Waals surface area contributed by atoms with E-state index in [4.69, 9.17) is 40.4 Å². The van der Waals surface area contributed by atoms with Gasteiger partial charge in [0.05, 0.1) is 0 Å². The van der Waals surface area contributed by atoms with E-state index in [1.807, 2.05) is 127 Å². The molecule has 540 valence electrons. The first kappa shape index (κ1) is 71.0. The fraction of sp³-hybridized carbons (Fsp3) is 0. The highest BCUT2D eigenvalue weighted by Gasteiger charge is 2.20. The average molecular weight is 1490 g/mol. The minimum Gasteiger partial charge on any atom is -0.455 e. The van der Waals surface area contributed by atoms with Gasteiger partial charge in [-0.25, -0.2) is 19.9 Å². The second-order valence-corrected chi connectivity index (χ2v) is 27.9. The van der Waals surface area contributed by atoms with E-state index in [1.54, 1.807) is 12.1 Å². The molecule has 4 heterocycles. The van der Waals surface area contributed by atoms with Crippen molar-refractivity contribution in [2.45, 2.75) is 0 Å². The summed E-state index contributed by atoms with van der Waals surface area (Å²) < 4.78 is 12.5. The van der Waals surface area contributed by atoms with Crippen LogP contribution >= 0.6 is 11.6 Å². The van der Waals surface area contributed by atoms with Crippen LogP contribution < -0.4 is 5.46 Å². The quantitative estimate of drug-likeness (QED) is 0.101. The Labute approximate surface area is 664 Å². The molecule has 12 heteroatoms. The van der Waals surface area contributed by atoms with Gasteiger partial charge in [0.15, 0.2) is 29.1 Å². The van der Waals surface area contributed by atoms with Gasteiger partial charge >= 0.3 is 7.12 Å². The molecule has 0 spiro atoms. The number of para-hydroxylation sites is 4. The van der Waals surface area contributed by atoms with Crippen LogP contribution in [-0.2, 0) is 0 Å². The van der Waals surface area contributed by atoms with Gasteiger partial charge in [-0.3, -0.25) is 0 Å². The molecule has 2 N–H and O–H groups in total. The van der Waals surface area contributed by atoms with Crippen molar-refractivity contribution in [3.8, 4) is 146 Å². The third kappa shape index (κ3) is 15.0. The van der Waals surface area contributed by atoms with Crippen molar-refractivity contribution in [2.24, 2.45) is 0 Å². The van der Waals surface area contributed by atoms with Crippen LogP contribution in [-0.4, -0.2) is 47.1 Å². The van der Waals surface area contributed by atoms with Crippen molar-refractivity contribution < 1.29 is 18.9 Å². The van der Waals surface area contributed by atoms with Gasteiger partial charge in [0.25, 0.3) is 0 Å². The summed E-state index contributed by atoms with van der Waals surface area (Å²) in [6, 6.07) is 136. The first-order valence-corrected chi connectivity index (χ1v) is 38.0. The lowest BCUT2D eigenvalue weighted by Crippen LogP contribution is -2.29. The molecule has 0 radical (unpaired) electrons. The molecular weight excluding hydrogens is 1420 g/mol. The van der Waals surface area contributed by atoms with Crippen LogP contribution in [0.1, 0.15) is 0 Å². The second kappa shape index (κ2) is 32.2. The molecule has 0 aliphatic rings. The topological polar surface area (TPSA) is 144 Å². The van der Waals surface area contributed by atoms with Crippen molar-refractivity contribution in [2.75, 3.05) is 0 Å². The Balaban J connectivity index is 0.000000130. The number of benzene rings is 16. The van der Waals surface area contributed by atoms with Gasteiger partial charge in [-0.2, -0.15) is 9.97 Å². The molecular formula is C102H68BClN6O4. The van der Waals surface area contributed by atoms with E-state index < -0.39 is 7.12 Å². The van der Waals surface area contributed by atoms with Gasteiger partial charge in [-0.15, -0.1) is 0 Å². The zero-order valence-corrected chi connectivity index (χ0v) is 62.2. The number of halogens is 1. The molecule has 0 saturated carbocycles. The molecule has 16 aromatic carbocycles. The standard InChI is InChI=1S/C51H33N3O.C27H18ClN3.C24H17BO3/c1-3-12-34(13-4-1)35-24-30-40(31-25-35)49-52-50(54-51(53-49)46-18-8-7-16-42(46)38-14-5-2-6-15-38)41-32-26-37(27-33-41)36-22-28-39(29-23-36)43-19-11-20-45-44-17-9-10-21-47(44)55-48(43)45;28-27-30-25(22-17-15-20(16-18-22)19-9-3-1-4-10-19)29-26(31-27)24-14-8-7-13-23(24)21-11-5-2-6-12-21;26-25(27)19-14-12-17(13-15-19)16-8-10-18(11-9-16)20-5-3-6-22-21-4-1-2-7-23(21)28-24(20)22/h1-33H;1-18H;1-15,26-27H. The van der Waals surface area contributed by atoms with Crippen molar-refractivity contribution in [3.63, 3.8) is 0 Å². The van der Waals surface area contributed by atoms with E-state index in [9.17, 15) is 10.0 Å². The lowest BCUT2D eigenvalue weighted by atomic mass is 9.80. The highest BCUT2D eigenvalue weighted by atomic mass is 35.5. The Hall–Kier alpha value is -14.6. The Kier molecular flexibility index (Phi) is 20.0. The van der Waals surface area contributed by atoms with E-state index in [2.05, 4.69) is 271 Å². The number of aromatic nitrogens is 6. The Morgan fingerprint density at radius 2 is 0.430 bits per heavy atom. The number of hydrogen-bond acceptors (Lipinski definition) is 10. The predicted octanol–water partition coefficient (Wildman–Crippen LogP) is 25.2. The summed E-state index contributed by atoms with van der Waals surface area (Å²) in [5, 5.41) is 23.2. The molecule has 0 aliphatic carbocycles. The molecule has 0 saturated heterocycles. The fourth-order valence-electron chi connectivity index (χ4n) is 14.6. The Morgan fingerprint density at radius 3 is 0.798 bits per heavy atom. The van der Waals surface area contributed by atoms with Crippen LogP contribution in [0.5, 0.6) is 0 Å². The van der Waals surface area contributed by atoms with Crippen LogP contribution in [0.2, 0.25) is 5.28 Å². The molecule has 0 bridgehead atoms. The fourth-order valence-corrected chi connectivity index (χ4v) is 14.8. The average Bonchev–Trinajstić information content (AvgIpc) is 1.59. The van der Waals surface area contributed by atoms with E-state index in [1.165, 1.54) is 11.1 Å². The van der Waals surface area contributed by atoms with Gasteiger partial charge in [0, 0.05) is 60.5 Å². The summed E-state index contributed by atoms with van der Waals surface area (Å²) in [6.45, 7) is 0. The maximum atomic E-state index is 9.23. The highest BCUT2D eigenvalue weighted by molar-refractivity contribution is 6.58. The lowest BCUT2D eigenvalue weighted by molar-refractivity contribution is 0.426. The lowest BCUT2D eigenvalue weighted by Gasteiger charge is -2.12. The Morgan fingerprint density at radius 1 is 0.193 bits per heavy atom. The SMILES string of the molecule is Clc1nc(-c2ccc(-c3ccccc3)cc2)nc(-c2ccccc2-c2ccccc2)n1.OB(O)c1ccc(-c2ccc(-c3cccc4c3oc3ccccc34)cc2)cc1.c1ccc(-c2ccc(-c3nc(-c4ccc(-c5ccc(-c6cccc7c6oc6ccccc67)cc5)cc4)nc(-c4ccccc4-c4ccccc4)n3)cc2)cc1. The summed E-state index contributed by atoms with van der Waals surface area (Å²) in [6.07, 6.45) is 0. The molecule has 0 aliphatic heterocycles. The van der Waals surface area contributed by atoms with Crippen LogP contribution in [0.3, 0.4) is 0 Å². The normalized spacial score (nSPS) is 11.1. The maximum Gasteiger partial charge on any atom is 0.488 e. The molecule has 0 amide bonds. The number of hydrogen-bond donors (Lipinski definition) is 2. The largest absolute Gasteiger partial charge is 0.488 e. The van der Waals surface area contributed by atoms with Crippen LogP contribution in [0.25, 0.3) is 190 Å². The molecule has 0 fully saturated rings. The number of nitrogens with zero attached hydrogens (tertiary/aromatic N) is 6. The molecule has 114 heavy (non-hydrogen) atoms. The van der Waals surface area contributed by atoms with Gasteiger partial charge in [0.2, 0.25) is 5.28 Å². The highest BCUT2D eigenvalue weighted by Crippen LogP contribution is 2.41. The second-order valence-electron chi connectivity index (χ2n) is 27.6. The van der Waals surface area contributed by atoms with Gasteiger partial charge < -0.3 is 18.9 Å². The molecule has 10 nitrogen and oxygen atoms in total. The predicted molar refractivity (Wildman–Crippen MR) is 466 cm³/mol. The van der Waals surface area contributed by atoms with E-state index in [0.717, 1.165) is 150 Å². The van der Waals surface area contributed by atoms with Crippen molar-refractivity contribution >= 4 is 68.1 Å². The van der Waals surface area contributed by atoms with Crippen molar-refractivity contribution in [1.29, 1.82) is 0 Å².